The fourth-order valence-corrected chi connectivity index (χ4v) is 5.38. The molecule has 3 aromatic rings. The SMILES string of the molecule is CNC(=O)c1ccc(-n2c(NC(C)C)nc3c(c2=O)C[C@@H](C)N(C(=O)c2ccc(C#C[Si](C)(C)C)c(C(F)(F)F)c2)C3)cc1. The summed E-state index contributed by atoms with van der Waals surface area (Å²) in [6.45, 7) is 11.3. The van der Waals surface area contributed by atoms with E-state index >= 15 is 0 Å². The van der Waals surface area contributed by atoms with E-state index < -0.39 is 31.8 Å². The van der Waals surface area contributed by atoms with Crippen LogP contribution < -0.4 is 16.2 Å². The fraction of sp³-hybridized carbons (Fsp3) is 0.375. The highest BCUT2D eigenvalue weighted by Crippen LogP contribution is 2.33. The summed E-state index contributed by atoms with van der Waals surface area (Å²) < 4.78 is 43.5. The molecular weight excluding hydrogens is 587 g/mol. The highest BCUT2D eigenvalue weighted by atomic mass is 28.3. The van der Waals surface area contributed by atoms with Gasteiger partial charge >= 0.3 is 6.18 Å². The van der Waals surface area contributed by atoms with Crippen LogP contribution in [-0.2, 0) is 19.1 Å². The average molecular weight is 624 g/mol. The summed E-state index contributed by atoms with van der Waals surface area (Å²) >= 11 is 0. The van der Waals surface area contributed by atoms with E-state index in [0.29, 0.717) is 22.5 Å². The van der Waals surface area contributed by atoms with Gasteiger partial charge in [0.2, 0.25) is 5.95 Å². The van der Waals surface area contributed by atoms with Gasteiger partial charge in [-0.15, -0.1) is 5.54 Å². The maximum absolute atomic E-state index is 14.0. The Hall–Kier alpha value is -4.37. The second kappa shape index (κ2) is 12.3. The number of amides is 2. The Morgan fingerprint density at radius 2 is 1.70 bits per heavy atom. The first-order valence-corrected chi connectivity index (χ1v) is 17.8. The molecule has 0 radical (unpaired) electrons. The van der Waals surface area contributed by atoms with E-state index in [1.807, 2.05) is 33.5 Å². The van der Waals surface area contributed by atoms with Gasteiger partial charge in [0.15, 0.2) is 0 Å². The van der Waals surface area contributed by atoms with Gasteiger partial charge in [0, 0.05) is 41.4 Å². The second-order valence-corrected chi connectivity index (χ2v) is 16.9. The van der Waals surface area contributed by atoms with Crippen molar-refractivity contribution in [1.29, 1.82) is 0 Å². The van der Waals surface area contributed by atoms with Gasteiger partial charge in [-0.25, -0.2) is 9.55 Å². The lowest BCUT2D eigenvalue weighted by Gasteiger charge is -2.35. The molecule has 1 aliphatic rings. The maximum Gasteiger partial charge on any atom is 0.417 e. The Balaban J connectivity index is 1.74. The largest absolute Gasteiger partial charge is 0.417 e. The summed E-state index contributed by atoms with van der Waals surface area (Å²) in [5, 5.41) is 5.74. The van der Waals surface area contributed by atoms with Crippen LogP contribution in [0.15, 0.2) is 47.3 Å². The molecule has 44 heavy (non-hydrogen) atoms. The fourth-order valence-electron chi connectivity index (χ4n) is 4.87. The molecule has 12 heteroatoms. The molecule has 2 aromatic carbocycles. The lowest BCUT2D eigenvalue weighted by molar-refractivity contribution is -0.137. The number of carbonyl (C=O) groups excluding carboxylic acids is 2. The van der Waals surface area contributed by atoms with E-state index in [1.165, 1.54) is 28.6 Å². The molecule has 0 bridgehead atoms. The number of rotatable bonds is 5. The lowest BCUT2D eigenvalue weighted by Crippen LogP contribution is -2.46. The molecule has 1 aromatic heterocycles. The third-order valence-electron chi connectivity index (χ3n) is 7.05. The van der Waals surface area contributed by atoms with Gasteiger partial charge in [-0.3, -0.25) is 14.4 Å². The monoisotopic (exact) mass is 623 g/mol. The summed E-state index contributed by atoms with van der Waals surface area (Å²) in [7, 11) is -0.410. The van der Waals surface area contributed by atoms with E-state index in [4.69, 9.17) is 4.98 Å². The van der Waals surface area contributed by atoms with Crippen LogP contribution in [0.25, 0.3) is 5.69 Å². The number of carbonyl (C=O) groups is 2. The Morgan fingerprint density at radius 1 is 1.07 bits per heavy atom. The molecule has 0 saturated carbocycles. The standard InChI is InChI=1S/C32H36F3N5O3Si/c1-19(2)37-31-38-27-18-39(29(42)23-9-8-21(14-15-44(5,6)7)26(17-23)32(33,34)35)20(3)16-25(27)30(43)40(31)24-12-10-22(11-13-24)28(41)36-4/h8-13,17,19-20H,16,18H2,1-7H3,(H,36,41)(H,37,38)/t20-/m1/s1. The molecule has 2 amide bonds. The van der Waals surface area contributed by atoms with E-state index in [-0.39, 0.29) is 47.5 Å². The van der Waals surface area contributed by atoms with E-state index in [0.717, 1.165) is 6.07 Å². The molecule has 8 nitrogen and oxygen atoms in total. The molecule has 0 fully saturated rings. The number of anilines is 1. The molecular formula is C32H36F3N5O3Si. The molecule has 0 spiro atoms. The zero-order valence-electron chi connectivity index (χ0n) is 25.8. The predicted octanol–water partition coefficient (Wildman–Crippen LogP) is 5.25. The zero-order chi connectivity index (χ0) is 32.6. The van der Waals surface area contributed by atoms with E-state index in [9.17, 15) is 27.6 Å². The second-order valence-electron chi connectivity index (χ2n) is 12.2. The Morgan fingerprint density at radius 3 is 2.27 bits per heavy atom. The number of nitrogens with zero attached hydrogens (tertiary/aromatic N) is 3. The van der Waals surface area contributed by atoms with Crippen LogP contribution >= 0.6 is 0 Å². The van der Waals surface area contributed by atoms with Gasteiger partial charge in [0.1, 0.15) is 8.07 Å². The molecule has 0 unspecified atom stereocenters. The quantitative estimate of drug-likeness (QED) is 0.299. The molecule has 2 N–H and O–H groups in total. The Labute approximate surface area is 255 Å². The summed E-state index contributed by atoms with van der Waals surface area (Å²) in [6.07, 6.45) is -4.53. The highest BCUT2D eigenvalue weighted by molar-refractivity contribution is 6.83. The van der Waals surface area contributed by atoms with Crippen molar-refractivity contribution in [3.8, 4) is 17.2 Å². The maximum atomic E-state index is 14.0. The molecule has 4 rings (SSSR count). The van der Waals surface area contributed by atoms with Crippen LogP contribution in [0.3, 0.4) is 0 Å². The number of halogens is 3. The van der Waals surface area contributed by atoms with Crippen LogP contribution in [0.4, 0.5) is 19.1 Å². The summed E-state index contributed by atoms with van der Waals surface area (Å²) in [5.74, 6) is 2.08. The number of hydrogen-bond acceptors (Lipinski definition) is 5. The van der Waals surface area contributed by atoms with Crippen molar-refractivity contribution in [1.82, 2.24) is 19.8 Å². The summed E-state index contributed by atoms with van der Waals surface area (Å²) in [5.41, 5.74) is 3.13. The van der Waals surface area contributed by atoms with Gasteiger partial charge in [-0.2, -0.15) is 13.2 Å². The van der Waals surface area contributed by atoms with Gasteiger partial charge in [0.25, 0.3) is 17.4 Å². The average Bonchev–Trinajstić information content (AvgIpc) is 2.94. The van der Waals surface area contributed by atoms with Crippen molar-refractivity contribution in [2.45, 2.75) is 71.6 Å². The van der Waals surface area contributed by atoms with Crippen molar-refractivity contribution < 1.29 is 22.8 Å². The first kappa shape index (κ1) is 32.5. The van der Waals surface area contributed by atoms with Gasteiger partial charge in [-0.1, -0.05) is 25.6 Å². The number of nitrogens with one attached hydrogen (secondary N) is 2. The number of fused-ring (bicyclic) bond motifs is 1. The van der Waals surface area contributed by atoms with Crippen molar-refractivity contribution >= 4 is 25.8 Å². The number of aromatic nitrogens is 2. The Bertz CT molecular complexity index is 1710. The van der Waals surface area contributed by atoms with Crippen LogP contribution in [0.1, 0.15) is 63.9 Å². The first-order valence-electron chi connectivity index (χ1n) is 14.3. The molecule has 1 aliphatic heterocycles. The molecule has 1 atom stereocenters. The zero-order valence-corrected chi connectivity index (χ0v) is 26.8. The van der Waals surface area contributed by atoms with Crippen molar-refractivity contribution in [2.24, 2.45) is 0 Å². The highest BCUT2D eigenvalue weighted by Gasteiger charge is 2.36. The normalized spacial score (nSPS) is 14.9. The van der Waals surface area contributed by atoms with Gasteiger partial charge in [0.05, 0.1) is 23.5 Å². The minimum atomic E-state index is -4.69. The summed E-state index contributed by atoms with van der Waals surface area (Å²) in [4.78, 5) is 45.7. The topological polar surface area (TPSA) is 96.3 Å². The van der Waals surface area contributed by atoms with Crippen LogP contribution in [-0.4, -0.2) is 53.5 Å². The Kier molecular flexibility index (Phi) is 9.11. The minimum absolute atomic E-state index is 0.0493. The van der Waals surface area contributed by atoms with Crippen molar-refractivity contribution in [2.75, 3.05) is 12.4 Å². The lowest BCUT2D eigenvalue weighted by atomic mass is 9.97. The van der Waals surface area contributed by atoms with Crippen LogP contribution in [0.2, 0.25) is 19.6 Å². The van der Waals surface area contributed by atoms with Gasteiger partial charge in [-0.05, 0) is 69.7 Å². The molecule has 0 saturated heterocycles. The van der Waals surface area contributed by atoms with Crippen molar-refractivity contribution in [3.05, 3.63) is 86.3 Å². The van der Waals surface area contributed by atoms with Gasteiger partial charge < -0.3 is 15.5 Å². The predicted molar refractivity (Wildman–Crippen MR) is 167 cm³/mol. The van der Waals surface area contributed by atoms with E-state index in [2.05, 4.69) is 22.1 Å². The van der Waals surface area contributed by atoms with E-state index in [1.54, 1.807) is 31.2 Å². The third-order valence-corrected chi connectivity index (χ3v) is 7.93. The third kappa shape index (κ3) is 7.05. The van der Waals surface area contributed by atoms with Crippen LogP contribution in [0, 0.1) is 11.5 Å². The molecule has 232 valence electrons. The summed E-state index contributed by atoms with van der Waals surface area (Å²) in [6, 6.07) is 9.43. The minimum Gasteiger partial charge on any atom is -0.355 e. The smallest absolute Gasteiger partial charge is 0.355 e. The number of benzene rings is 2. The first-order chi connectivity index (χ1) is 20.5. The number of hydrogen-bond donors (Lipinski definition) is 2. The molecule has 2 heterocycles. The molecule has 0 aliphatic carbocycles. The van der Waals surface area contributed by atoms with Crippen LogP contribution in [0.5, 0.6) is 0 Å². The van der Waals surface area contributed by atoms with Crippen molar-refractivity contribution in [3.63, 3.8) is 0 Å². The number of alkyl halides is 3.